The van der Waals surface area contributed by atoms with E-state index in [0.29, 0.717) is 0 Å². The minimum absolute atomic E-state index is 0.0638. The van der Waals surface area contributed by atoms with Gasteiger partial charge in [0.2, 0.25) is 5.91 Å². The predicted octanol–water partition coefficient (Wildman–Crippen LogP) is 2.23. The summed E-state index contributed by atoms with van der Waals surface area (Å²) in [5.41, 5.74) is 0. The average molecular weight is 262 g/mol. The van der Waals surface area contributed by atoms with Gasteiger partial charge in [-0.05, 0) is 13.3 Å². The normalized spacial score (nSPS) is 13.9. The van der Waals surface area contributed by atoms with Crippen LogP contribution in [0.15, 0.2) is 0 Å². The second kappa shape index (κ2) is 5.47. The first-order chi connectivity index (χ1) is 5.83. The van der Waals surface area contributed by atoms with Crippen molar-refractivity contribution in [2.24, 2.45) is 0 Å². The standard InChI is InChI=1S/C7H11BrF3NO/c1-5(8)6(13)12-4-2-3-7(9,10)11/h5H,2-4H2,1H3,(H,12,13). The van der Waals surface area contributed by atoms with E-state index >= 15 is 0 Å². The molecule has 1 amide bonds. The van der Waals surface area contributed by atoms with Crippen LogP contribution in [0.5, 0.6) is 0 Å². The van der Waals surface area contributed by atoms with Gasteiger partial charge in [-0.25, -0.2) is 0 Å². The molecule has 0 aliphatic carbocycles. The minimum atomic E-state index is -4.13. The molecule has 0 aromatic rings. The van der Waals surface area contributed by atoms with Crippen LogP contribution in [0.25, 0.3) is 0 Å². The first-order valence-electron chi connectivity index (χ1n) is 3.81. The Hall–Kier alpha value is -0.260. The van der Waals surface area contributed by atoms with Gasteiger partial charge in [-0.2, -0.15) is 13.2 Å². The highest BCUT2D eigenvalue weighted by atomic mass is 79.9. The van der Waals surface area contributed by atoms with Crippen LogP contribution in [0.3, 0.4) is 0 Å². The molecular weight excluding hydrogens is 251 g/mol. The molecule has 0 aromatic carbocycles. The molecule has 0 radical (unpaired) electrons. The molecule has 0 bridgehead atoms. The van der Waals surface area contributed by atoms with Gasteiger partial charge in [0.1, 0.15) is 0 Å². The van der Waals surface area contributed by atoms with Crippen molar-refractivity contribution in [2.75, 3.05) is 6.54 Å². The number of amides is 1. The second-order valence-corrected chi connectivity index (χ2v) is 4.00. The maximum atomic E-state index is 11.6. The molecule has 78 valence electrons. The fourth-order valence-electron chi connectivity index (χ4n) is 0.641. The highest BCUT2D eigenvalue weighted by Gasteiger charge is 2.26. The number of alkyl halides is 4. The van der Waals surface area contributed by atoms with Crippen molar-refractivity contribution in [1.82, 2.24) is 5.32 Å². The van der Waals surface area contributed by atoms with Crippen LogP contribution in [0, 0.1) is 0 Å². The summed E-state index contributed by atoms with van der Waals surface area (Å²) in [7, 11) is 0. The van der Waals surface area contributed by atoms with Crippen LogP contribution < -0.4 is 5.32 Å². The Morgan fingerprint density at radius 3 is 2.46 bits per heavy atom. The van der Waals surface area contributed by atoms with E-state index in [0.717, 1.165) is 0 Å². The maximum absolute atomic E-state index is 11.6. The zero-order valence-corrected chi connectivity index (χ0v) is 8.70. The van der Waals surface area contributed by atoms with Gasteiger partial charge >= 0.3 is 6.18 Å². The van der Waals surface area contributed by atoms with Crippen LogP contribution in [0.4, 0.5) is 13.2 Å². The first kappa shape index (κ1) is 12.7. The van der Waals surface area contributed by atoms with Gasteiger partial charge in [0.25, 0.3) is 0 Å². The topological polar surface area (TPSA) is 29.1 Å². The molecule has 2 nitrogen and oxygen atoms in total. The van der Waals surface area contributed by atoms with Crippen LogP contribution in [0.2, 0.25) is 0 Å². The minimum Gasteiger partial charge on any atom is -0.355 e. The smallest absolute Gasteiger partial charge is 0.355 e. The van der Waals surface area contributed by atoms with Crippen molar-refractivity contribution in [1.29, 1.82) is 0 Å². The zero-order valence-electron chi connectivity index (χ0n) is 7.12. The third-order valence-electron chi connectivity index (χ3n) is 1.30. The van der Waals surface area contributed by atoms with Crippen LogP contribution in [0.1, 0.15) is 19.8 Å². The number of hydrogen-bond donors (Lipinski definition) is 1. The molecule has 0 rings (SSSR count). The second-order valence-electron chi connectivity index (χ2n) is 2.63. The largest absolute Gasteiger partial charge is 0.389 e. The van der Waals surface area contributed by atoms with Gasteiger partial charge in [0, 0.05) is 13.0 Å². The predicted molar refractivity (Wildman–Crippen MR) is 46.7 cm³/mol. The summed E-state index contributed by atoms with van der Waals surface area (Å²) in [5, 5.41) is 2.37. The fourth-order valence-corrected chi connectivity index (χ4v) is 0.803. The molecule has 0 saturated heterocycles. The summed E-state index contributed by atoms with van der Waals surface area (Å²) < 4.78 is 34.9. The quantitative estimate of drug-likeness (QED) is 0.611. The molecule has 0 aliphatic rings. The number of hydrogen-bond acceptors (Lipinski definition) is 1. The summed E-state index contributed by atoms with van der Waals surface area (Å²) in [6.07, 6.45) is -5.07. The lowest BCUT2D eigenvalue weighted by atomic mass is 10.3. The van der Waals surface area contributed by atoms with Gasteiger partial charge in [0.15, 0.2) is 0 Å². The first-order valence-corrected chi connectivity index (χ1v) is 4.73. The number of rotatable bonds is 4. The van der Waals surface area contributed by atoms with E-state index in [9.17, 15) is 18.0 Å². The summed E-state index contributed by atoms with van der Waals surface area (Å²) in [5.74, 6) is -0.290. The van der Waals surface area contributed by atoms with E-state index in [2.05, 4.69) is 21.2 Å². The molecule has 1 atom stereocenters. The Kier molecular flexibility index (Phi) is 5.36. The third-order valence-corrected chi connectivity index (χ3v) is 1.71. The molecule has 0 spiro atoms. The van der Waals surface area contributed by atoms with E-state index in [1.54, 1.807) is 6.92 Å². The Morgan fingerprint density at radius 2 is 2.08 bits per heavy atom. The number of nitrogens with one attached hydrogen (secondary N) is 1. The Bertz CT molecular complexity index is 170. The Labute approximate surface area is 83.0 Å². The summed E-state index contributed by atoms with van der Waals surface area (Å²) in [6.45, 7) is 1.67. The van der Waals surface area contributed by atoms with Crippen LogP contribution >= 0.6 is 15.9 Å². The average Bonchev–Trinajstić information content (AvgIpc) is 1.95. The number of carbonyl (C=O) groups excluding carboxylic acids is 1. The van der Waals surface area contributed by atoms with Crippen molar-refractivity contribution in [2.45, 2.75) is 30.8 Å². The highest BCUT2D eigenvalue weighted by molar-refractivity contribution is 9.10. The molecule has 0 aromatic heterocycles. The van der Waals surface area contributed by atoms with Gasteiger partial charge in [-0.15, -0.1) is 0 Å². The zero-order chi connectivity index (χ0) is 10.5. The van der Waals surface area contributed by atoms with Crippen LogP contribution in [-0.2, 0) is 4.79 Å². The lowest BCUT2D eigenvalue weighted by molar-refractivity contribution is -0.136. The van der Waals surface area contributed by atoms with Gasteiger partial charge in [-0.3, -0.25) is 4.79 Å². The Morgan fingerprint density at radius 1 is 1.54 bits per heavy atom. The maximum Gasteiger partial charge on any atom is 0.389 e. The molecule has 0 fully saturated rings. The third kappa shape index (κ3) is 8.08. The number of halogens is 4. The van der Waals surface area contributed by atoms with Gasteiger partial charge < -0.3 is 5.32 Å². The van der Waals surface area contributed by atoms with Gasteiger partial charge in [0.05, 0.1) is 4.83 Å². The number of carbonyl (C=O) groups is 1. The lowest BCUT2D eigenvalue weighted by Gasteiger charge is -2.08. The molecule has 6 heteroatoms. The molecule has 1 unspecified atom stereocenters. The van der Waals surface area contributed by atoms with Crippen molar-refractivity contribution >= 4 is 21.8 Å². The highest BCUT2D eigenvalue weighted by Crippen LogP contribution is 2.20. The van der Waals surface area contributed by atoms with Crippen molar-refractivity contribution in [3.63, 3.8) is 0 Å². The summed E-state index contributed by atoms with van der Waals surface area (Å²) in [4.78, 5) is 10.5. The molecule has 0 heterocycles. The monoisotopic (exact) mass is 261 g/mol. The van der Waals surface area contributed by atoms with E-state index < -0.39 is 12.6 Å². The molecule has 1 N–H and O–H groups in total. The Balaban J connectivity index is 3.42. The van der Waals surface area contributed by atoms with E-state index in [-0.39, 0.29) is 23.7 Å². The molecular formula is C7H11BrF3NO. The SMILES string of the molecule is CC(Br)C(=O)NCCCC(F)(F)F. The molecule has 13 heavy (non-hydrogen) atoms. The lowest BCUT2D eigenvalue weighted by Crippen LogP contribution is -2.30. The molecule has 0 saturated carbocycles. The fraction of sp³-hybridized carbons (Fsp3) is 0.857. The van der Waals surface area contributed by atoms with Crippen molar-refractivity contribution < 1.29 is 18.0 Å². The summed E-state index contributed by atoms with van der Waals surface area (Å²) in [6, 6.07) is 0. The van der Waals surface area contributed by atoms with Crippen molar-refractivity contribution in [3.8, 4) is 0 Å². The van der Waals surface area contributed by atoms with E-state index in [1.807, 2.05) is 0 Å². The summed E-state index contributed by atoms with van der Waals surface area (Å²) >= 11 is 3.00. The van der Waals surface area contributed by atoms with E-state index in [4.69, 9.17) is 0 Å². The van der Waals surface area contributed by atoms with Crippen molar-refractivity contribution in [3.05, 3.63) is 0 Å². The molecule has 0 aliphatic heterocycles. The van der Waals surface area contributed by atoms with Crippen LogP contribution in [-0.4, -0.2) is 23.5 Å². The van der Waals surface area contributed by atoms with Gasteiger partial charge in [-0.1, -0.05) is 15.9 Å². The van der Waals surface area contributed by atoms with E-state index in [1.165, 1.54) is 0 Å².